The van der Waals surface area contributed by atoms with Crippen molar-refractivity contribution in [3.63, 3.8) is 0 Å². The first kappa shape index (κ1) is 15.7. The maximum Gasteiger partial charge on any atom is 0.365 e. The maximum atomic E-state index is 12.6. The van der Waals surface area contributed by atoms with Gasteiger partial charge in [-0.1, -0.05) is 0 Å². The Kier molecular flexibility index (Phi) is 5.40. The van der Waals surface area contributed by atoms with Crippen molar-refractivity contribution in [2.24, 2.45) is 5.73 Å². The fourth-order valence-electron chi connectivity index (χ4n) is 0.818. The number of ether oxygens (including phenoxy) is 1. The predicted octanol–water partition coefficient (Wildman–Crippen LogP) is 1.88. The van der Waals surface area contributed by atoms with Gasteiger partial charge < -0.3 is 10.5 Å². The second-order valence-corrected chi connectivity index (χ2v) is 3.20. The van der Waals surface area contributed by atoms with Crippen LogP contribution in [-0.2, 0) is 9.53 Å². The van der Waals surface area contributed by atoms with E-state index in [0.717, 1.165) is 0 Å². The summed E-state index contributed by atoms with van der Waals surface area (Å²) in [5.41, 5.74) is 0.0689. The van der Waals surface area contributed by atoms with Crippen LogP contribution in [0.4, 0.5) is 17.6 Å². The Bertz CT molecular complexity index is 352. The summed E-state index contributed by atoms with van der Waals surface area (Å²) in [7, 11) is 0. The highest BCUT2D eigenvalue weighted by molar-refractivity contribution is 6.39. The number of halogens is 5. The number of esters is 1. The first-order chi connectivity index (χ1) is 7.62. The van der Waals surface area contributed by atoms with E-state index in [1.54, 1.807) is 0 Å². The zero-order valence-corrected chi connectivity index (χ0v) is 9.32. The summed E-state index contributed by atoms with van der Waals surface area (Å²) in [5, 5.41) is 2.59. The van der Waals surface area contributed by atoms with Crippen LogP contribution in [0.5, 0.6) is 0 Å². The molecular weight excluding hydrogens is 268 g/mol. The molecule has 0 aliphatic carbocycles. The quantitative estimate of drug-likeness (QED) is 0.265. The number of nitrogens with two attached hydrogens (primary N) is 1. The molecule has 0 spiro atoms. The predicted molar refractivity (Wildman–Crippen MR) is 52.4 cm³/mol. The van der Waals surface area contributed by atoms with Gasteiger partial charge in [0.2, 0.25) is 0 Å². The molecule has 0 saturated carbocycles. The minimum absolute atomic E-state index is 0.250. The molecule has 4 nitrogen and oxygen atoms in total. The van der Waals surface area contributed by atoms with Gasteiger partial charge in [-0.2, -0.15) is 8.78 Å². The van der Waals surface area contributed by atoms with E-state index in [4.69, 9.17) is 11.1 Å². The van der Waals surface area contributed by atoms with E-state index in [2.05, 4.69) is 16.3 Å². The molecule has 0 radical (unpaired) electrons. The fraction of sp³-hybridized carbons (Fsp3) is 0.500. The van der Waals surface area contributed by atoms with Crippen molar-refractivity contribution in [1.29, 1.82) is 5.41 Å². The molecule has 0 aromatic rings. The normalized spacial score (nSPS) is 13.4. The third-order valence-electron chi connectivity index (χ3n) is 1.54. The van der Waals surface area contributed by atoms with Gasteiger partial charge in [0, 0.05) is 0 Å². The molecular formula is C8H9ClF4N2O2. The SMILES string of the molecule is CCOC(=O)C(C(=N)C(F)(F)Cl)=C(N)C(F)F. The van der Waals surface area contributed by atoms with Gasteiger partial charge in [-0.05, 0) is 18.5 Å². The Morgan fingerprint density at radius 1 is 1.53 bits per heavy atom. The molecule has 0 aromatic carbocycles. The van der Waals surface area contributed by atoms with E-state index in [1.807, 2.05) is 0 Å². The van der Waals surface area contributed by atoms with Gasteiger partial charge in [0.05, 0.1) is 12.3 Å². The molecule has 0 unspecified atom stereocenters. The van der Waals surface area contributed by atoms with Gasteiger partial charge in [-0.25, -0.2) is 13.6 Å². The van der Waals surface area contributed by atoms with Gasteiger partial charge in [-0.3, -0.25) is 5.41 Å². The van der Waals surface area contributed by atoms with Crippen molar-refractivity contribution in [2.45, 2.75) is 18.7 Å². The second kappa shape index (κ2) is 5.85. The zero-order valence-electron chi connectivity index (χ0n) is 8.57. The molecule has 0 fully saturated rings. The van der Waals surface area contributed by atoms with Crippen LogP contribution in [0.25, 0.3) is 0 Å². The Labute approximate surface area is 98.9 Å². The zero-order chi connectivity index (χ0) is 13.8. The summed E-state index contributed by atoms with van der Waals surface area (Å²) < 4.78 is 53.9. The van der Waals surface area contributed by atoms with Crippen LogP contribution >= 0.6 is 11.6 Å². The lowest BCUT2D eigenvalue weighted by Gasteiger charge is -2.14. The largest absolute Gasteiger partial charge is 0.462 e. The molecule has 17 heavy (non-hydrogen) atoms. The minimum Gasteiger partial charge on any atom is -0.462 e. The molecule has 3 N–H and O–H groups in total. The molecule has 0 atom stereocenters. The number of carbonyl (C=O) groups is 1. The van der Waals surface area contributed by atoms with Gasteiger partial charge in [0.15, 0.2) is 0 Å². The van der Waals surface area contributed by atoms with Crippen molar-refractivity contribution < 1.29 is 27.1 Å². The van der Waals surface area contributed by atoms with Gasteiger partial charge in [0.1, 0.15) is 11.3 Å². The summed E-state index contributed by atoms with van der Waals surface area (Å²) in [5.74, 6) is -1.55. The summed E-state index contributed by atoms with van der Waals surface area (Å²) in [6, 6.07) is 0. The fourth-order valence-corrected chi connectivity index (χ4v) is 0.913. The minimum atomic E-state index is -4.29. The van der Waals surface area contributed by atoms with Gasteiger partial charge >= 0.3 is 11.4 Å². The molecule has 0 rings (SSSR count). The number of hydrogen-bond donors (Lipinski definition) is 2. The lowest BCUT2D eigenvalue weighted by Crippen LogP contribution is -2.32. The third kappa shape index (κ3) is 4.22. The van der Waals surface area contributed by atoms with Gasteiger partial charge in [-0.15, -0.1) is 0 Å². The maximum absolute atomic E-state index is 12.6. The lowest BCUT2D eigenvalue weighted by molar-refractivity contribution is -0.138. The number of nitrogens with one attached hydrogen (secondary N) is 1. The van der Waals surface area contributed by atoms with Crippen molar-refractivity contribution in [3.8, 4) is 0 Å². The summed E-state index contributed by atoms with van der Waals surface area (Å²) in [4.78, 5) is 11.2. The first-order valence-electron chi connectivity index (χ1n) is 4.23. The summed E-state index contributed by atoms with van der Waals surface area (Å²) in [6.07, 6.45) is -3.38. The Balaban J connectivity index is 5.51. The highest BCUT2D eigenvalue weighted by atomic mass is 35.5. The van der Waals surface area contributed by atoms with Crippen LogP contribution in [0.3, 0.4) is 0 Å². The van der Waals surface area contributed by atoms with Crippen LogP contribution in [0, 0.1) is 5.41 Å². The molecule has 9 heteroatoms. The average Bonchev–Trinajstić information content (AvgIpc) is 2.16. The van der Waals surface area contributed by atoms with Crippen LogP contribution < -0.4 is 5.73 Å². The molecule has 0 bridgehead atoms. The highest BCUT2D eigenvalue weighted by Crippen LogP contribution is 2.26. The molecule has 98 valence electrons. The number of rotatable bonds is 5. The Hall–Kier alpha value is -1.31. The van der Waals surface area contributed by atoms with Crippen LogP contribution in [-0.4, -0.2) is 30.1 Å². The van der Waals surface area contributed by atoms with E-state index in [9.17, 15) is 22.4 Å². The summed E-state index contributed by atoms with van der Waals surface area (Å²) in [6.45, 7) is 1.08. The smallest absolute Gasteiger partial charge is 0.365 e. The van der Waals surface area contributed by atoms with E-state index in [0.29, 0.717) is 0 Å². The van der Waals surface area contributed by atoms with Crippen LogP contribution in [0.1, 0.15) is 6.92 Å². The second-order valence-electron chi connectivity index (χ2n) is 2.72. The molecule has 0 saturated heterocycles. The highest BCUT2D eigenvalue weighted by Gasteiger charge is 2.40. The Morgan fingerprint density at radius 2 is 2.00 bits per heavy atom. The lowest BCUT2D eigenvalue weighted by atomic mass is 10.1. The number of allylic oxidation sites excluding steroid dienone is 1. The van der Waals surface area contributed by atoms with Crippen molar-refractivity contribution >= 4 is 23.3 Å². The van der Waals surface area contributed by atoms with E-state index in [-0.39, 0.29) is 6.61 Å². The van der Waals surface area contributed by atoms with E-state index < -0.39 is 34.8 Å². The molecule has 0 aliphatic heterocycles. The Morgan fingerprint density at radius 3 is 2.29 bits per heavy atom. The number of carbonyl (C=O) groups excluding carboxylic acids is 1. The molecule has 0 heterocycles. The molecule has 0 amide bonds. The summed E-state index contributed by atoms with van der Waals surface area (Å²) >= 11 is 4.47. The topological polar surface area (TPSA) is 76.2 Å². The van der Waals surface area contributed by atoms with Crippen molar-refractivity contribution in [1.82, 2.24) is 0 Å². The molecule has 0 aromatic heterocycles. The van der Waals surface area contributed by atoms with Gasteiger partial charge in [0.25, 0.3) is 6.43 Å². The average molecular weight is 277 g/mol. The van der Waals surface area contributed by atoms with Crippen molar-refractivity contribution in [3.05, 3.63) is 11.3 Å². The van der Waals surface area contributed by atoms with Crippen LogP contribution in [0.2, 0.25) is 0 Å². The third-order valence-corrected chi connectivity index (χ3v) is 1.73. The molecule has 0 aliphatic rings. The standard InChI is InChI=1S/C8H9ClF4N2O2/c1-2-17-7(16)3(4(14)6(10)11)5(15)8(9,12)13/h6,15H,2,14H2,1H3. The number of hydrogen-bond acceptors (Lipinski definition) is 4. The number of alkyl halides is 5. The monoisotopic (exact) mass is 276 g/mol. The first-order valence-corrected chi connectivity index (χ1v) is 4.61. The van der Waals surface area contributed by atoms with E-state index >= 15 is 0 Å². The van der Waals surface area contributed by atoms with Crippen LogP contribution in [0.15, 0.2) is 11.3 Å². The van der Waals surface area contributed by atoms with Crippen molar-refractivity contribution in [2.75, 3.05) is 6.61 Å². The van der Waals surface area contributed by atoms with E-state index in [1.165, 1.54) is 6.92 Å².